The first kappa shape index (κ1) is 22.8. The van der Waals surface area contributed by atoms with Gasteiger partial charge in [-0.1, -0.05) is 13.8 Å². The number of hydrogen-bond donors (Lipinski definition) is 0. The molecule has 0 bridgehead atoms. The molecule has 7 heteroatoms. The van der Waals surface area contributed by atoms with Crippen molar-refractivity contribution in [3.63, 3.8) is 0 Å². The van der Waals surface area contributed by atoms with E-state index in [0.29, 0.717) is 41.1 Å². The van der Waals surface area contributed by atoms with E-state index in [-0.39, 0.29) is 12.2 Å². The van der Waals surface area contributed by atoms with Crippen molar-refractivity contribution in [2.75, 3.05) is 27.9 Å². The normalized spacial score (nSPS) is 19.1. The second-order valence-electron chi connectivity index (χ2n) is 8.20. The fraction of sp³-hybridized carbons (Fsp3) is 0.423. The molecule has 0 aromatic heterocycles. The third-order valence-electron chi connectivity index (χ3n) is 6.03. The van der Waals surface area contributed by atoms with E-state index in [1.54, 1.807) is 35.2 Å². The Bertz CT molecular complexity index is 1130. The van der Waals surface area contributed by atoms with Gasteiger partial charge < -0.3 is 28.4 Å². The van der Waals surface area contributed by atoms with Crippen molar-refractivity contribution in [3.05, 3.63) is 41.0 Å². The SMILES string of the molecule is CC.COC1=C2c3cc(OC)c(OC)cc3OC[C@H]2Oc2c1ccc1c2CC(=O)C(C)(C)O1. The summed E-state index contributed by atoms with van der Waals surface area (Å²) >= 11 is 0. The van der Waals surface area contributed by atoms with E-state index in [0.717, 1.165) is 22.3 Å². The molecule has 33 heavy (non-hydrogen) atoms. The van der Waals surface area contributed by atoms with E-state index in [9.17, 15) is 4.79 Å². The van der Waals surface area contributed by atoms with Gasteiger partial charge in [-0.25, -0.2) is 0 Å². The van der Waals surface area contributed by atoms with Gasteiger partial charge in [0, 0.05) is 29.2 Å². The molecule has 5 rings (SSSR count). The number of ether oxygens (including phenoxy) is 6. The Morgan fingerprint density at radius 2 is 1.64 bits per heavy atom. The molecule has 0 N–H and O–H groups in total. The number of hydrogen-bond acceptors (Lipinski definition) is 7. The van der Waals surface area contributed by atoms with Crippen molar-refractivity contribution >= 4 is 17.1 Å². The summed E-state index contributed by atoms with van der Waals surface area (Å²) in [5, 5.41) is 0. The van der Waals surface area contributed by atoms with Gasteiger partial charge in [-0.15, -0.1) is 0 Å². The third kappa shape index (κ3) is 3.56. The van der Waals surface area contributed by atoms with E-state index < -0.39 is 11.7 Å². The van der Waals surface area contributed by atoms with E-state index in [2.05, 4.69) is 0 Å². The number of ketones is 1. The first-order valence-electron chi connectivity index (χ1n) is 11.1. The van der Waals surface area contributed by atoms with Gasteiger partial charge in [-0.05, 0) is 32.0 Å². The lowest BCUT2D eigenvalue weighted by Crippen LogP contribution is -2.43. The molecular weight excluding hydrogens is 424 g/mol. The minimum Gasteiger partial charge on any atom is -0.496 e. The van der Waals surface area contributed by atoms with Gasteiger partial charge >= 0.3 is 0 Å². The second kappa shape index (κ2) is 8.54. The highest BCUT2D eigenvalue weighted by Gasteiger charge is 2.42. The van der Waals surface area contributed by atoms with Crippen LogP contribution >= 0.6 is 0 Å². The molecule has 0 aliphatic carbocycles. The van der Waals surface area contributed by atoms with Crippen molar-refractivity contribution < 1.29 is 33.2 Å². The van der Waals surface area contributed by atoms with Crippen LogP contribution in [0.5, 0.6) is 28.7 Å². The molecule has 2 aromatic carbocycles. The number of Topliss-reactive ketones (excluding diaryl/α,β-unsaturated/α-hetero) is 1. The summed E-state index contributed by atoms with van der Waals surface area (Å²) in [6, 6.07) is 7.47. The number of rotatable bonds is 3. The fourth-order valence-corrected chi connectivity index (χ4v) is 4.37. The Kier molecular flexibility index (Phi) is 5.91. The van der Waals surface area contributed by atoms with E-state index in [4.69, 9.17) is 28.4 Å². The van der Waals surface area contributed by atoms with Crippen molar-refractivity contribution in [2.24, 2.45) is 0 Å². The highest BCUT2D eigenvalue weighted by molar-refractivity contribution is 5.98. The minimum atomic E-state index is -0.858. The number of benzene rings is 2. The Hall–Kier alpha value is -3.35. The fourth-order valence-electron chi connectivity index (χ4n) is 4.37. The van der Waals surface area contributed by atoms with Gasteiger partial charge in [0.1, 0.15) is 29.6 Å². The monoisotopic (exact) mass is 454 g/mol. The number of methoxy groups -OCH3 is 3. The van der Waals surface area contributed by atoms with Crippen LogP contribution in [0.1, 0.15) is 44.4 Å². The average Bonchev–Trinajstić information content (AvgIpc) is 2.83. The predicted molar refractivity (Wildman–Crippen MR) is 124 cm³/mol. The van der Waals surface area contributed by atoms with Crippen LogP contribution in [0.15, 0.2) is 24.3 Å². The Morgan fingerprint density at radius 1 is 0.939 bits per heavy atom. The van der Waals surface area contributed by atoms with Crippen LogP contribution in [0.3, 0.4) is 0 Å². The van der Waals surface area contributed by atoms with E-state index >= 15 is 0 Å². The maximum atomic E-state index is 12.6. The van der Waals surface area contributed by atoms with Gasteiger partial charge in [0.25, 0.3) is 0 Å². The number of carbonyl (C=O) groups is 1. The standard InChI is InChI=1S/C24H24O7.C2H6/c1-24(2)20(25)9-14-15(31-24)7-6-12-22(14)30-19-11-29-16-10-18(27-4)17(26-3)8-13(16)21(19)23(12)28-5;1-2/h6-8,10,19H,9,11H2,1-5H3;1-2H3/t19-;/m1./s1. The maximum Gasteiger partial charge on any atom is 0.180 e. The first-order valence-corrected chi connectivity index (χ1v) is 11.1. The maximum absolute atomic E-state index is 12.6. The molecule has 7 nitrogen and oxygen atoms in total. The lowest BCUT2D eigenvalue weighted by atomic mass is 9.87. The van der Waals surface area contributed by atoms with Gasteiger partial charge in [0.15, 0.2) is 29.0 Å². The van der Waals surface area contributed by atoms with Crippen LogP contribution < -0.4 is 23.7 Å². The summed E-state index contributed by atoms with van der Waals surface area (Å²) in [5.74, 6) is 3.81. The summed E-state index contributed by atoms with van der Waals surface area (Å²) in [6.07, 6.45) is -0.155. The predicted octanol–water partition coefficient (Wildman–Crippen LogP) is 4.68. The van der Waals surface area contributed by atoms with Crippen LogP contribution in [0.2, 0.25) is 0 Å². The zero-order valence-corrected chi connectivity index (χ0v) is 20.2. The Morgan fingerprint density at radius 3 is 2.30 bits per heavy atom. The van der Waals surface area contributed by atoms with Gasteiger partial charge in [0.05, 0.1) is 26.9 Å². The molecule has 176 valence electrons. The molecular formula is C26H30O7. The average molecular weight is 455 g/mol. The summed E-state index contributed by atoms with van der Waals surface area (Å²) in [4.78, 5) is 12.6. The molecule has 1 atom stereocenters. The van der Waals surface area contributed by atoms with Crippen molar-refractivity contribution in [3.8, 4) is 28.7 Å². The second-order valence-corrected chi connectivity index (χ2v) is 8.20. The van der Waals surface area contributed by atoms with Crippen LogP contribution in [-0.4, -0.2) is 45.4 Å². The zero-order valence-electron chi connectivity index (χ0n) is 20.2. The van der Waals surface area contributed by atoms with Crippen LogP contribution in [0, 0.1) is 0 Å². The minimum absolute atomic E-state index is 0.00724. The summed E-state index contributed by atoms with van der Waals surface area (Å²) in [6.45, 7) is 7.86. The van der Waals surface area contributed by atoms with Gasteiger partial charge in [-0.2, -0.15) is 0 Å². The molecule has 0 saturated carbocycles. The summed E-state index contributed by atoms with van der Waals surface area (Å²) in [5.41, 5.74) is 2.37. The Labute approximate surface area is 194 Å². The van der Waals surface area contributed by atoms with Crippen molar-refractivity contribution in [1.82, 2.24) is 0 Å². The molecule has 3 aliphatic rings. The van der Waals surface area contributed by atoms with Gasteiger partial charge in [0.2, 0.25) is 0 Å². The molecule has 0 fully saturated rings. The summed E-state index contributed by atoms with van der Waals surface area (Å²) < 4.78 is 35.1. The lowest BCUT2D eigenvalue weighted by Gasteiger charge is -2.38. The number of fused-ring (bicyclic) bond motifs is 6. The molecule has 0 unspecified atom stereocenters. The smallest absolute Gasteiger partial charge is 0.180 e. The van der Waals surface area contributed by atoms with Crippen LogP contribution in [0.25, 0.3) is 11.3 Å². The topological polar surface area (TPSA) is 72.5 Å². The van der Waals surface area contributed by atoms with E-state index in [1.165, 1.54) is 0 Å². The highest BCUT2D eigenvalue weighted by Crippen LogP contribution is 2.51. The lowest BCUT2D eigenvalue weighted by molar-refractivity contribution is -0.132. The molecule has 0 spiro atoms. The molecule has 3 aliphatic heterocycles. The largest absolute Gasteiger partial charge is 0.496 e. The number of carbonyl (C=O) groups excluding carboxylic acids is 1. The molecule has 0 saturated heterocycles. The van der Waals surface area contributed by atoms with Gasteiger partial charge in [-0.3, -0.25) is 4.79 Å². The molecule has 0 amide bonds. The Balaban J connectivity index is 0.00000126. The highest BCUT2D eigenvalue weighted by atomic mass is 16.5. The van der Waals surface area contributed by atoms with Crippen molar-refractivity contribution in [1.29, 1.82) is 0 Å². The quantitative estimate of drug-likeness (QED) is 0.667. The first-order chi connectivity index (χ1) is 15.9. The third-order valence-corrected chi connectivity index (χ3v) is 6.03. The van der Waals surface area contributed by atoms with Crippen LogP contribution in [-0.2, 0) is 16.0 Å². The zero-order chi connectivity index (χ0) is 23.9. The van der Waals surface area contributed by atoms with E-state index in [1.807, 2.05) is 38.1 Å². The molecule has 0 radical (unpaired) electrons. The molecule has 2 aromatic rings. The molecule has 3 heterocycles. The van der Waals surface area contributed by atoms with Crippen LogP contribution in [0.4, 0.5) is 0 Å². The summed E-state index contributed by atoms with van der Waals surface area (Å²) in [7, 11) is 4.81. The van der Waals surface area contributed by atoms with Crippen molar-refractivity contribution in [2.45, 2.75) is 45.8 Å².